The van der Waals surface area contributed by atoms with Gasteiger partial charge in [-0.05, 0) is 0 Å². The van der Waals surface area contributed by atoms with Crippen LogP contribution in [0.1, 0.15) is 0 Å². The normalized spacial score (nSPS) is 29.4. The quantitative estimate of drug-likeness (QED) is 0.256. The zero-order valence-electron chi connectivity index (χ0n) is 13.7. The molecule has 0 aromatic carbocycles. The van der Waals surface area contributed by atoms with Crippen molar-refractivity contribution in [2.24, 2.45) is 0 Å². The van der Waals surface area contributed by atoms with E-state index in [1.54, 1.807) is 5.32 Å². The smallest absolute Gasteiger partial charge is 1.00 e. The Kier molecular flexibility index (Phi) is 12.9. The van der Waals surface area contributed by atoms with Crippen molar-refractivity contribution < 1.29 is 97.2 Å². The number of likely N-dealkylation sites (N-methyl/N-ethyl adjacent to an activating group) is 2. The number of halogens is 12. The van der Waals surface area contributed by atoms with Crippen LogP contribution in [-0.2, 0) is 20.4 Å². The number of rotatable bonds is 0. The van der Waals surface area contributed by atoms with Crippen molar-refractivity contribution in [3.63, 3.8) is 0 Å². The molecule has 1 aliphatic heterocycles. The molecule has 0 saturated carbocycles. The van der Waals surface area contributed by atoms with Gasteiger partial charge in [0.2, 0.25) is 0 Å². The van der Waals surface area contributed by atoms with Crippen LogP contribution in [0.25, 0.3) is 0 Å². The molecule has 1 saturated heterocycles. The van der Waals surface area contributed by atoms with Gasteiger partial charge in [0.05, 0.1) is 0 Å². The molecule has 0 aliphatic carbocycles. The van der Waals surface area contributed by atoms with Crippen LogP contribution in [0.2, 0.25) is 0 Å². The van der Waals surface area contributed by atoms with Gasteiger partial charge in [-0.15, -0.1) is 0 Å². The van der Waals surface area contributed by atoms with Crippen LogP contribution >= 0.6 is 0 Å². The summed E-state index contributed by atoms with van der Waals surface area (Å²) in [4.78, 5) is 0.775. The van der Waals surface area contributed by atoms with E-state index in [0.717, 1.165) is 14.1 Å². The third kappa shape index (κ3) is 7.88. The van der Waals surface area contributed by atoms with Gasteiger partial charge in [-0.25, -0.2) is 0 Å². The maximum absolute atomic E-state index is 13.3. The van der Waals surface area contributed by atoms with Gasteiger partial charge in [-0.2, -0.15) is 0 Å². The van der Waals surface area contributed by atoms with Crippen molar-refractivity contribution in [3.8, 4) is 0 Å². The molecule has 0 bridgehead atoms. The largest absolute Gasteiger partial charge is 1.00 e. The summed E-state index contributed by atoms with van der Waals surface area (Å²) < 4.78 is 115. The van der Waals surface area contributed by atoms with Gasteiger partial charge in [0.25, 0.3) is 0 Å². The van der Waals surface area contributed by atoms with Gasteiger partial charge >= 0.3 is 143 Å². The van der Waals surface area contributed by atoms with Crippen molar-refractivity contribution in [2.45, 2.75) is 34.5 Å². The van der Waals surface area contributed by atoms with Gasteiger partial charge in [0, 0.05) is 0 Å². The Balaban J connectivity index is -0.00000192. The second-order valence-electron chi connectivity index (χ2n) is 5.71. The molecular weight excluding hydrogens is 499 g/mol. The average Bonchev–Trinajstić information content (AvgIpc) is 2.39. The maximum atomic E-state index is 13.3. The van der Waals surface area contributed by atoms with Gasteiger partial charge in [0.15, 0.2) is 0 Å². The monoisotopic (exact) mass is 513 g/mol. The van der Waals surface area contributed by atoms with Crippen LogP contribution in [0.3, 0.4) is 0 Å². The summed E-state index contributed by atoms with van der Waals surface area (Å²) in [6.45, 7) is -3.41. The van der Waals surface area contributed by atoms with E-state index in [1.165, 1.54) is 0 Å². The molecule has 0 spiro atoms. The first-order chi connectivity index (χ1) is 10.5. The molecule has 3 atom stereocenters. The standard InChI is InChI=1S/C11H15F9N3.3ClH.Ti/c1-22-4-6(9(12,13)14)21-3-7(10(15,16)17)23(2)5-8(22)11(18,19)20;;;;/h6,8,21H,3-5H2,1-2H3;3*1H;/q;;;;+3/p-3. The summed E-state index contributed by atoms with van der Waals surface area (Å²) in [6, 6.07) is -4.98. The van der Waals surface area contributed by atoms with Crippen molar-refractivity contribution in [1.29, 1.82) is 0 Å². The summed E-state index contributed by atoms with van der Waals surface area (Å²) in [5.41, 5.74) is 0. The zero-order valence-corrected chi connectivity index (χ0v) is 17.5. The predicted octanol–water partition coefficient (Wildman–Crippen LogP) is -6.87. The Morgan fingerprint density at radius 2 is 1.30 bits per heavy atom. The van der Waals surface area contributed by atoms with Crippen LogP contribution in [-0.4, -0.2) is 78.0 Å². The van der Waals surface area contributed by atoms with E-state index < -0.39 is 54.1 Å². The van der Waals surface area contributed by atoms with Crippen LogP contribution in [0.5, 0.6) is 0 Å². The number of alkyl halides is 9. The topological polar surface area (TPSA) is 18.5 Å². The van der Waals surface area contributed by atoms with Crippen LogP contribution in [0.15, 0.2) is 0 Å². The summed E-state index contributed by atoms with van der Waals surface area (Å²) in [5, 5.41) is 1.74. The van der Waals surface area contributed by atoms with E-state index in [9.17, 15) is 39.5 Å². The Hall–Kier alpha value is 0.834. The fourth-order valence-electron chi connectivity index (χ4n) is 2.33. The fourth-order valence-corrected chi connectivity index (χ4v) is 2.63. The molecule has 27 heavy (non-hydrogen) atoms. The maximum Gasteiger partial charge on any atom is -1.00 e. The molecule has 1 aliphatic rings. The summed E-state index contributed by atoms with van der Waals surface area (Å²) >= 11 is 0.576. The van der Waals surface area contributed by atoms with Crippen molar-refractivity contribution >= 4 is 0 Å². The molecule has 16 heteroatoms. The van der Waals surface area contributed by atoms with Crippen molar-refractivity contribution in [3.05, 3.63) is 0 Å². The van der Waals surface area contributed by atoms with Gasteiger partial charge in [-0.3, -0.25) is 0 Å². The number of nitrogens with one attached hydrogen (secondary N) is 1. The summed E-state index contributed by atoms with van der Waals surface area (Å²) in [7, 11) is 1.62. The third-order valence-corrected chi connectivity index (χ3v) is 5.26. The minimum absolute atomic E-state index is 0. The minimum atomic E-state index is -5.02. The molecule has 1 fully saturated rings. The molecule has 3 unspecified atom stereocenters. The van der Waals surface area contributed by atoms with Crippen molar-refractivity contribution in [1.82, 2.24) is 15.1 Å². The number of nitrogens with zero attached hydrogens (tertiary/aromatic N) is 2. The van der Waals surface area contributed by atoms with Gasteiger partial charge < -0.3 is 37.2 Å². The second-order valence-corrected chi connectivity index (χ2v) is 7.00. The second kappa shape index (κ2) is 10.7. The molecule has 0 amide bonds. The van der Waals surface area contributed by atoms with E-state index in [1.807, 2.05) is 0 Å². The molecular formula is C11H15Cl3F9N3Ti. The Morgan fingerprint density at radius 1 is 0.852 bits per heavy atom. The Labute approximate surface area is 180 Å². The van der Waals surface area contributed by atoms with Crippen LogP contribution in [0.4, 0.5) is 39.5 Å². The van der Waals surface area contributed by atoms with Crippen LogP contribution < -0.4 is 42.5 Å². The molecule has 1 heterocycles. The number of hydrogen-bond acceptors (Lipinski definition) is 3. The van der Waals surface area contributed by atoms with E-state index in [2.05, 4.69) is 0 Å². The van der Waals surface area contributed by atoms with Gasteiger partial charge in [0.1, 0.15) is 0 Å². The van der Waals surface area contributed by atoms with Gasteiger partial charge in [-0.1, -0.05) is 0 Å². The Bertz CT molecular complexity index is 450. The molecule has 1 N–H and O–H groups in total. The van der Waals surface area contributed by atoms with E-state index in [0.29, 0.717) is 30.2 Å². The molecule has 0 radical (unpaired) electrons. The number of hydrogen-bond donors (Lipinski definition) is 1. The first-order valence-corrected chi connectivity index (χ1v) is 7.38. The molecule has 162 valence electrons. The first-order valence-electron chi connectivity index (χ1n) is 6.60. The van der Waals surface area contributed by atoms with E-state index >= 15 is 0 Å². The average molecular weight is 514 g/mol. The molecule has 1 rings (SSSR count). The van der Waals surface area contributed by atoms with Crippen LogP contribution in [0, 0.1) is 0 Å². The zero-order chi connectivity index (χ0) is 19.1. The molecule has 3 nitrogen and oxygen atoms in total. The van der Waals surface area contributed by atoms with E-state index in [-0.39, 0.29) is 37.2 Å². The molecule has 0 aromatic rings. The summed E-state index contributed by atoms with van der Waals surface area (Å²) in [6.07, 6.45) is -15.0. The SMILES string of the molecule is CN1CC(C(F)(F)F)NC[C]([Ti+3])(C(F)(F)F)N(C)CC1C(F)(F)F.[Cl-].[Cl-].[Cl-]. The fraction of sp³-hybridized carbons (Fsp3) is 1.00. The third-order valence-electron chi connectivity index (χ3n) is 3.95. The van der Waals surface area contributed by atoms with E-state index in [4.69, 9.17) is 0 Å². The first kappa shape index (κ1) is 32.5. The minimum Gasteiger partial charge on any atom is -1.00 e. The van der Waals surface area contributed by atoms with Crippen molar-refractivity contribution in [2.75, 3.05) is 33.7 Å². The Morgan fingerprint density at radius 3 is 1.63 bits per heavy atom. The predicted molar refractivity (Wildman–Crippen MR) is 61.7 cm³/mol. The summed E-state index contributed by atoms with van der Waals surface area (Å²) in [5.74, 6) is 0. The molecule has 0 aromatic heterocycles.